The van der Waals surface area contributed by atoms with E-state index in [0.29, 0.717) is 0 Å². The summed E-state index contributed by atoms with van der Waals surface area (Å²) in [5.41, 5.74) is 3.69. The van der Waals surface area contributed by atoms with Gasteiger partial charge in [0.05, 0.1) is 0 Å². The van der Waals surface area contributed by atoms with Crippen molar-refractivity contribution in [3.63, 3.8) is 0 Å². The molecule has 67 valence electrons. The van der Waals surface area contributed by atoms with Crippen molar-refractivity contribution in [1.82, 2.24) is 0 Å². The SMILES string of the molecule is [CH2]c1cccc(CC=C)c1CC=C. The topological polar surface area (TPSA) is 0 Å². The van der Waals surface area contributed by atoms with Crippen molar-refractivity contribution in [1.29, 1.82) is 0 Å². The minimum atomic E-state index is 0.892. The van der Waals surface area contributed by atoms with E-state index in [2.05, 4.69) is 26.1 Å². The van der Waals surface area contributed by atoms with Crippen LogP contribution in [0.5, 0.6) is 0 Å². The summed E-state index contributed by atoms with van der Waals surface area (Å²) >= 11 is 0. The summed E-state index contributed by atoms with van der Waals surface area (Å²) in [6, 6.07) is 6.19. The zero-order valence-electron chi connectivity index (χ0n) is 7.92. The lowest BCUT2D eigenvalue weighted by molar-refractivity contribution is 1.14. The van der Waals surface area contributed by atoms with Crippen molar-refractivity contribution >= 4 is 0 Å². The lowest BCUT2D eigenvalue weighted by atomic mass is 9.97. The molecule has 0 bridgehead atoms. The minimum absolute atomic E-state index is 0.892. The molecule has 0 saturated carbocycles. The molecule has 0 aliphatic rings. The molecule has 0 heterocycles. The lowest BCUT2D eigenvalue weighted by Gasteiger charge is -2.08. The van der Waals surface area contributed by atoms with Crippen LogP contribution in [0.15, 0.2) is 43.5 Å². The van der Waals surface area contributed by atoms with E-state index in [1.54, 1.807) is 0 Å². The summed E-state index contributed by atoms with van der Waals surface area (Å²) < 4.78 is 0. The molecule has 0 nitrogen and oxygen atoms in total. The average molecular weight is 171 g/mol. The molecular formula is C13H15. The number of rotatable bonds is 4. The predicted molar refractivity (Wildman–Crippen MR) is 58.7 cm³/mol. The molecule has 1 aromatic carbocycles. The molecule has 0 aromatic heterocycles. The molecule has 0 aliphatic heterocycles. The molecule has 13 heavy (non-hydrogen) atoms. The Hall–Kier alpha value is -1.30. The van der Waals surface area contributed by atoms with E-state index in [-0.39, 0.29) is 0 Å². The molecule has 0 spiro atoms. The molecule has 0 fully saturated rings. The van der Waals surface area contributed by atoms with Crippen LogP contribution in [0.2, 0.25) is 0 Å². The fourth-order valence-corrected chi connectivity index (χ4v) is 1.44. The predicted octanol–water partition coefficient (Wildman–Crippen LogP) is 3.33. The highest BCUT2D eigenvalue weighted by Crippen LogP contribution is 2.16. The van der Waals surface area contributed by atoms with E-state index in [1.807, 2.05) is 24.3 Å². The highest BCUT2D eigenvalue weighted by atomic mass is 14.1. The van der Waals surface area contributed by atoms with Gasteiger partial charge in [-0.2, -0.15) is 0 Å². The zero-order chi connectivity index (χ0) is 9.68. The second-order valence-electron chi connectivity index (χ2n) is 3.04. The van der Waals surface area contributed by atoms with Gasteiger partial charge in [-0.15, -0.1) is 13.2 Å². The largest absolute Gasteiger partial charge is 0.103 e. The number of benzene rings is 1. The van der Waals surface area contributed by atoms with E-state index in [4.69, 9.17) is 0 Å². The molecule has 1 rings (SSSR count). The van der Waals surface area contributed by atoms with Gasteiger partial charge in [-0.3, -0.25) is 0 Å². The van der Waals surface area contributed by atoms with Crippen LogP contribution in [0.25, 0.3) is 0 Å². The third-order valence-electron chi connectivity index (χ3n) is 2.08. The Morgan fingerprint density at radius 1 is 1.08 bits per heavy atom. The highest BCUT2D eigenvalue weighted by Gasteiger charge is 2.01. The third-order valence-corrected chi connectivity index (χ3v) is 2.08. The second kappa shape index (κ2) is 4.66. The summed E-state index contributed by atoms with van der Waals surface area (Å²) in [5, 5.41) is 0. The first-order valence-electron chi connectivity index (χ1n) is 4.44. The van der Waals surface area contributed by atoms with E-state index in [0.717, 1.165) is 18.4 Å². The van der Waals surface area contributed by atoms with Crippen LogP contribution in [-0.4, -0.2) is 0 Å². The molecule has 0 saturated heterocycles. The van der Waals surface area contributed by atoms with Gasteiger partial charge in [0, 0.05) is 0 Å². The van der Waals surface area contributed by atoms with Gasteiger partial charge in [-0.05, 0) is 36.5 Å². The Morgan fingerprint density at radius 2 is 1.77 bits per heavy atom. The molecule has 1 radical (unpaired) electrons. The maximum atomic E-state index is 4.00. The van der Waals surface area contributed by atoms with Gasteiger partial charge >= 0.3 is 0 Å². The van der Waals surface area contributed by atoms with Crippen LogP contribution in [0.3, 0.4) is 0 Å². The Bertz CT molecular complexity index is 308. The van der Waals surface area contributed by atoms with Crippen molar-refractivity contribution in [2.45, 2.75) is 12.8 Å². The Balaban J connectivity index is 3.08. The Labute approximate surface area is 80.6 Å². The summed E-state index contributed by atoms with van der Waals surface area (Å²) in [5.74, 6) is 0. The van der Waals surface area contributed by atoms with E-state index in [1.165, 1.54) is 11.1 Å². The smallest absolute Gasteiger partial charge is 0.00945 e. The van der Waals surface area contributed by atoms with Crippen LogP contribution in [-0.2, 0) is 12.8 Å². The van der Waals surface area contributed by atoms with Crippen LogP contribution >= 0.6 is 0 Å². The van der Waals surface area contributed by atoms with Crippen molar-refractivity contribution in [2.75, 3.05) is 0 Å². The van der Waals surface area contributed by atoms with E-state index < -0.39 is 0 Å². The van der Waals surface area contributed by atoms with Crippen molar-refractivity contribution < 1.29 is 0 Å². The Kier molecular flexibility index (Phi) is 3.51. The van der Waals surface area contributed by atoms with E-state index in [9.17, 15) is 0 Å². The maximum Gasteiger partial charge on any atom is -0.00945 e. The van der Waals surface area contributed by atoms with Gasteiger partial charge in [0.1, 0.15) is 0 Å². The fraction of sp³-hybridized carbons (Fsp3) is 0.154. The molecule has 0 heteroatoms. The fourth-order valence-electron chi connectivity index (χ4n) is 1.44. The first kappa shape index (κ1) is 9.79. The summed E-state index contributed by atoms with van der Waals surface area (Å²) in [4.78, 5) is 0. The second-order valence-corrected chi connectivity index (χ2v) is 3.04. The van der Waals surface area contributed by atoms with Gasteiger partial charge in [0.15, 0.2) is 0 Å². The van der Waals surface area contributed by atoms with Gasteiger partial charge in [-0.1, -0.05) is 30.4 Å². The zero-order valence-corrected chi connectivity index (χ0v) is 7.92. The van der Waals surface area contributed by atoms with Gasteiger partial charge in [-0.25, -0.2) is 0 Å². The molecule has 0 amide bonds. The van der Waals surface area contributed by atoms with Crippen molar-refractivity contribution in [3.05, 3.63) is 67.1 Å². The monoisotopic (exact) mass is 171 g/mol. The first-order valence-corrected chi connectivity index (χ1v) is 4.44. The number of allylic oxidation sites excluding steroid dienone is 2. The highest BCUT2D eigenvalue weighted by molar-refractivity contribution is 5.39. The summed E-state index contributed by atoms with van der Waals surface area (Å²) in [6.45, 7) is 11.5. The van der Waals surface area contributed by atoms with Crippen molar-refractivity contribution in [3.8, 4) is 0 Å². The summed E-state index contributed by atoms with van der Waals surface area (Å²) in [7, 11) is 0. The van der Waals surface area contributed by atoms with E-state index >= 15 is 0 Å². The molecular weight excluding hydrogens is 156 g/mol. The van der Waals surface area contributed by atoms with Crippen LogP contribution in [0.1, 0.15) is 16.7 Å². The van der Waals surface area contributed by atoms with Crippen molar-refractivity contribution in [2.24, 2.45) is 0 Å². The molecule has 0 atom stereocenters. The quantitative estimate of drug-likeness (QED) is 0.609. The Morgan fingerprint density at radius 3 is 2.38 bits per heavy atom. The van der Waals surface area contributed by atoms with Crippen LogP contribution < -0.4 is 0 Å². The van der Waals surface area contributed by atoms with Gasteiger partial charge < -0.3 is 0 Å². The molecule has 0 N–H and O–H groups in total. The van der Waals surface area contributed by atoms with Gasteiger partial charge in [0.25, 0.3) is 0 Å². The molecule has 0 unspecified atom stereocenters. The summed E-state index contributed by atoms with van der Waals surface area (Å²) in [6.07, 6.45) is 5.63. The normalized spacial score (nSPS) is 9.62. The standard InChI is InChI=1S/C13H15/c1-4-7-12-10-6-9-11(3)13(12)8-5-2/h4-6,9-10H,1-3,7-8H2. The van der Waals surface area contributed by atoms with Crippen LogP contribution in [0, 0.1) is 6.92 Å². The maximum absolute atomic E-state index is 4.00. The van der Waals surface area contributed by atoms with Gasteiger partial charge in [0.2, 0.25) is 0 Å². The molecule has 0 aliphatic carbocycles. The van der Waals surface area contributed by atoms with Crippen LogP contribution in [0.4, 0.5) is 0 Å². The third kappa shape index (κ3) is 2.32. The molecule has 1 aromatic rings. The number of hydrogen-bond acceptors (Lipinski definition) is 0. The first-order chi connectivity index (χ1) is 6.29. The average Bonchev–Trinajstić information content (AvgIpc) is 2.11. The lowest BCUT2D eigenvalue weighted by Crippen LogP contribution is -1.94. The minimum Gasteiger partial charge on any atom is -0.103 e. The number of hydrogen-bond donors (Lipinski definition) is 0.